The van der Waals surface area contributed by atoms with E-state index < -0.39 is 0 Å². The lowest BCUT2D eigenvalue weighted by molar-refractivity contribution is 0.901. The minimum Gasteiger partial charge on any atom is -0.377 e. The summed E-state index contributed by atoms with van der Waals surface area (Å²) in [6.45, 7) is 4.27. The highest BCUT2D eigenvalue weighted by Crippen LogP contribution is 2.33. The predicted molar refractivity (Wildman–Crippen MR) is 82.9 cm³/mol. The largest absolute Gasteiger partial charge is 0.377 e. The SMILES string of the molecule is Cc1cccc(NC(C)c2sccc2Br)c1Br. The van der Waals surface area contributed by atoms with E-state index in [1.807, 2.05) is 0 Å². The van der Waals surface area contributed by atoms with Gasteiger partial charge in [-0.25, -0.2) is 0 Å². The van der Waals surface area contributed by atoms with Gasteiger partial charge in [-0.1, -0.05) is 12.1 Å². The fourth-order valence-corrected chi connectivity index (χ4v) is 3.78. The Kier molecular flexibility index (Phi) is 4.28. The molecule has 1 N–H and O–H groups in total. The summed E-state index contributed by atoms with van der Waals surface area (Å²) >= 11 is 8.95. The second kappa shape index (κ2) is 5.55. The molecule has 1 atom stereocenters. The monoisotopic (exact) mass is 373 g/mol. The van der Waals surface area contributed by atoms with Crippen LogP contribution in [0, 0.1) is 6.92 Å². The second-order valence-electron chi connectivity index (χ2n) is 3.94. The van der Waals surface area contributed by atoms with Crippen molar-refractivity contribution in [3.05, 3.63) is 49.0 Å². The Hall–Kier alpha value is -0.320. The minimum absolute atomic E-state index is 0.294. The van der Waals surface area contributed by atoms with Crippen LogP contribution in [0.5, 0.6) is 0 Å². The first-order chi connectivity index (χ1) is 8.09. The number of benzene rings is 1. The summed E-state index contributed by atoms with van der Waals surface area (Å²) in [4.78, 5) is 1.32. The van der Waals surface area contributed by atoms with Crippen LogP contribution in [0.4, 0.5) is 5.69 Å². The summed E-state index contributed by atoms with van der Waals surface area (Å²) < 4.78 is 2.31. The van der Waals surface area contributed by atoms with E-state index in [1.54, 1.807) is 11.3 Å². The molecule has 1 heterocycles. The summed E-state index contributed by atoms with van der Waals surface area (Å²) in [7, 11) is 0. The van der Waals surface area contributed by atoms with Crippen molar-refractivity contribution < 1.29 is 0 Å². The molecule has 2 rings (SSSR count). The third-order valence-electron chi connectivity index (χ3n) is 2.60. The molecule has 0 bridgehead atoms. The van der Waals surface area contributed by atoms with Crippen LogP contribution >= 0.6 is 43.2 Å². The fourth-order valence-electron chi connectivity index (χ4n) is 1.67. The Balaban J connectivity index is 2.22. The van der Waals surface area contributed by atoms with Gasteiger partial charge >= 0.3 is 0 Å². The van der Waals surface area contributed by atoms with Crippen LogP contribution in [0.3, 0.4) is 0 Å². The zero-order chi connectivity index (χ0) is 12.4. The number of thiophene rings is 1. The average Bonchev–Trinajstić information content (AvgIpc) is 2.71. The van der Waals surface area contributed by atoms with E-state index in [9.17, 15) is 0 Å². The van der Waals surface area contributed by atoms with Gasteiger partial charge < -0.3 is 5.32 Å². The number of hydrogen-bond donors (Lipinski definition) is 1. The van der Waals surface area contributed by atoms with Crippen molar-refractivity contribution in [3.63, 3.8) is 0 Å². The van der Waals surface area contributed by atoms with Gasteiger partial charge in [0, 0.05) is 19.5 Å². The van der Waals surface area contributed by atoms with Crippen LogP contribution in [0.1, 0.15) is 23.4 Å². The van der Waals surface area contributed by atoms with Crippen molar-refractivity contribution in [2.24, 2.45) is 0 Å². The van der Waals surface area contributed by atoms with Gasteiger partial charge in [0.2, 0.25) is 0 Å². The first-order valence-corrected chi connectivity index (χ1v) is 7.80. The molecule has 4 heteroatoms. The van der Waals surface area contributed by atoms with Crippen molar-refractivity contribution in [1.82, 2.24) is 0 Å². The zero-order valence-corrected chi connectivity index (χ0v) is 13.6. The van der Waals surface area contributed by atoms with Crippen molar-refractivity contribution in [3.8, 4) is 0 Å². The van der Waals surface area contributed by atoms with Gasteiger partial charge in [-0.15, -0.1) is 11.3 Å². The molecular formula is C13H13Br2NS. The topological polar surface area (TPSA) is 12.0 Å². The lowest BCUT2D eigenvalue weighted by atomic mass is 10.2. The first-order valence-electron chi connectivity index (χ1n) is 5.34. The van der Waals surface area contributed by atoms with Gasteiger partial charge in [0.1, 0.15) is 0 Å². The highest BCUT2D eigenvalue weighted by Gasteiger charge is 2.12. The minimum atomic E-state index is 0.294. The van der Waals surface area contributed by atoms with Crippen LogP contribution in [0.2, 0.25) is 0 Å². The Labute approximate surface area is 123 Å². The molecule has 90 valence electrons. The summed E-state index contributed by atoms with van der Waals surface area (Å²) in [5.74, 6) is 0. The smallest absolute Gasteiger partial charge is 0.0590 e. The number of nitrogens with one attached hydrogen (secondary N) is 1. The standard InChI is InChI=1S/C13H13Br2NS/c1-8-4-3-5-11(12(8)15)16-9(2)13-10(14)6-7-17-13/h3-7,9,16H,1-2H3. The third kappa shape index (κ3) is 2.92. The molecule has 1 aromatic heterocycles. The Morgan fingerprint density at radius 3 is 2.65 bits per heavy atom. The molecule has 1 unspecified atom stereocenters. The molecule has 0 spiro atoms. The molecule has 0 aliphatic rings. The quantitative estimate of drug-likeness (QED) is 0.720. The van der Waals surface area contributed by atoms with Crippen molar-refractivity contribution >= 4 is 48.9 Å². The van der Waals surface area contributed by atoms with E-state index in [2.05, 4.69) is 80.7 Å². The van der Waals surface area contributed by atoms with E-state index in [0.717, 1.165) is 10.2 Å². The second-order valence-corrected chi connectivity index (χ2v) is 6.53. The van der Waals surface area contributed by atoms with E-state index >= 15 is 0 Å². The van der Waals surface area contributed by atoms with Crippen molar-refractivity contribution in [1.29, 1.82) is 0 Å². The van der Waals surface area contributed by atoms with E-state index in [1.165, 1.54) is 14.9 Å². The van der Waals surface area contributed by atoms with Crippen LogP contribution in [-0.4, -0.2) is 0 Å². The molecule has 1 nitrogen and oxygen atoms in total. The highest BCUT2D eigenvalue weighted by molar-refractivity contribution is 9.11. The van der Waals surface area contributed by atoms with Crippen LogP contribution < -0.4 is 5.32 Å². The third-order valence-corrected chi connectivity index (χ3v) is 5.71. The normalized spacial score (nSPS) is 12.5. The number of anilines is 1. The molecule has 17 heavy (non-hydrogen) atoms. The number of hydrogen-bond acceptors (Lipinski definition) is 2. The van der Waals surface area contributed by atoms with E-state index in [0.29, 0.717) is 6.04 Å². The van der Waals surface area contributed by atoms with Gasteiger partial charge in [-0.3, -0.25) is 0 Å². The van der Waals surface area contributed by atoms with E-state index in [4.69, 9.17) is 0 Å². The molecule has 0 amide bonds. The Morgan fingerprint density at radius 1 is 1.24 bits per heavy atom. The number of halogens is 2. The zero-order valence-electron chi connectivity index (χ0n) is 9.63. The molecule has 0 saturated carbocycles. The van der Waals surface area contributed by atoms with E-state index in [-0.39, 0.29) is 0 Å². The average molecular weight is 375 g/mol. The highest BCUT2D eigenvalue weighted by atomic mass is 79.9. The maximum Gasteiger partial charge on any atom is 0.0590 e. The Bertz CT molecular complexity index is 522. The fraction of sp³-hybridized carbons (Fsp3) is 0.231. The molecule has 0 saturated heterocycles. The lowest BCUT2D eigenvalue weighted by Gasteiger charge is -2.16. The molecular weight excluding hydrogens is 362 g/mol. The maximum atomic E-state index is 3.62. The van der Waals surface area contributed by atoms with Gasteiger partial charge in [0.25, 0.3) is 0 Å². The first kappa shape index (κ1) is 13.1. The molecule has 2 aromatic rings. The Morgan fingerprint density at radius 2 is 2.00 bits per heavy atom. The summed E-state index contributed by atoms with van der Waals surface area (Å²) in [6.07, 6.45) is 0. The predicted octanol–water partition coefficient (Wildman–Crippen LogP) is 5.75. The van der Waals surface area contributed by atoms with Gasteiger partial charge in [-0.2, -0.15) is 0 Å². The number of aryl methyl sites for hydroxylation is 1. The lowest BCUT2D eigenvalue weighted by Crippen LogP contribution is -2.06. The summed E-state index contributed by atoms with van der Waals surface area (Å²) in [6, 6.07) is 8.64. The van der Waals surface area contributed by atoms with Crippen LogP contribution in [0.25, 0.3) is 0 Å². The van der Waals surface area contributed by atoms with Gasteiger partial charge in [0.05, 0.1) is 6.04 Å². The molecule has 1 aromatic carbocycles. The van der Waals surface area contributed by atoms with Gasteiger partial charge in [-0.05, 0) is 68.8 Å². The summed E-state index contributed by atoms with van der Waals surface area (Å²) in [5.41, 5.74) is 2.38. The molecule has 0 aliphatic carbocycles. The molecule has 0 fully saturated rings. The van der Waals surface area contributed by atoms with Crippen molar-refractivity contribution in [2.75, 3.05) is 5.32 Å². The van der Waals surface area contributed by atoms with Gasteiger partial charge in [0.15, 0.2) is 0 Å². The maximum absolute atomic E-state index is 3.62. The van der Waals surface area contributed by atoms with Crippen LogP contribution in [0.15, 0.2) is 38.6 Å². The molecule has 0 radical (unpaired) electrons. The van der Waals surface area contributed by atoms with Crippen molar-refractivity contribution in [2.45, 2.75) is 19.9 Å². The molecule has 0 aliphatic heterocycles. The number of rotatable bonds is 3. The van der Waals surface area contributed by atoms with Crippen LogP contribution in [-0.2, 0) is 0 Å². The summed E-state index contributed by atoms with van der Waals surface area (Å²) in [5, 5.41) is 5.63.